The molecule has 0 bridgehead atoms. The number of aliphatic hydroxyl groups excluding tert-OH is 1. The lowest BCUT2D eigenvalue weighted by Crippen LogP contribution is -2.40. The molecule has 2 atom stereocenters. The highest BCUT2D eigenvalue weighted by atomic mass is 28.4. The maximum Gasteiger partial charge on any atom is 0.508 e. The van der Waals surface area contributed by atoms with Crippen LogP contribution in [-0.4, -0.2) is 71.5 Å². The smallest absolute Gasteiger partial charge is 0.433 e. The summed E-state index contributed by atoms with van der Waals surface area (Å²) in [7, 11) is -1.28. The van der Waals surface area contributed by atoms with E-state index in [9.17, 15) is 14.0 Å². The molecule has 57 heavy (non-hydrogen) atoms. The number of hydrogen-bond acceptors (Lipinski definition) is 8. The molecule has 0 radical (unpaired) electrons. The van der Waals surface area contributed by atoms with Crippen LogP contribution in [-0.2, 0) is 23.4 Å². The van der Waals surface area contributed by atoms with Crippen LogP contribution < -0.4 is 0 Å². The van der Waals surface area contributed by atoms with Gasteiger partial charge in [-0.3, -0.25) is 4.39 Å². The number of halogens is 1. The molecule has 0 spiro atoms. The number of alkyl halides is 1. The highest BCUT2D eigenvalue weighted by Gasteiger charge is 2.37. The Morgan fingerprint density at radius 3 is 1.32 bits per heavy atom. The summed E-state index contributed by atoms with van der Waals surface area (Å²) in [4.78, 5) is 24.1. The Labute approximate surface area is 338 Å². The number of fused-ring (bicyclic) bond motifs is 6. The maximum absolute atomic E-state index is 12.3. The summed E-state index contributed by atoms with van der Waals surface area (Å²) in [5, 5.41) is 8.89. The third kappa shape index (κ3) is 11.8. The van der Waals surface area contributed by atoms with Gasteiger partial charge in [0.25, 0.3) is 0 Å². The van der Waals surface area contributed by atoms with Crippen molar-refractivity contribution in [1.29, 1.82) is 0 Å². The number of benzene rings is 4. The summed E-state index contributed by atoms with van der Waals surface area (Å²) >= 11 is 0. The van der Waals surface area contributed by atoms with Gasteiger partial charge in [-0.05, 0) is 88.6 Å². The monoisotopic (exact) mass is 796 g/mol. The zero-order valence-electron chi connectivity index (χ0n) is 34.4. The summed E-state index contributed by atoms with van der Waals surface area (Å²) in [6.07, 6.45) is 4.74. The van der Waals surface area contributed by atoms with Gasteiger partial charge in [-0.2, -0.15) is 0 Å². The van der Waals surface area contributed by atoms with E-state index in [1.807, 2.05) is 67.6 Å². The molecular formula is C47H57FO8Si. The van der Waals surface area contributed by atoms with Crippen LogP contribution in [0.25, 0.3) is 22.3 Å². The normalized spacial score (nSPS) is 14.2. The lowest BCUT2D eigenvalue weighted by Gasteiger charge is -2.35. The Morgan fingerprint density at radius 2 is 0.982 bits per heavy atom. The van der Waals surface area contributed by atoms with Gasteiger partial charge >= 0.3 is 12.3 Å². The summed E-state index contributed by atoms with van der Waals surface area (Å²) in [6.45, 7) is 15.6. The van der Waals surface area contributed by atoms with Gasteiger partial charge < -0.3 is 28.5 Å². The number of aliphatic hydroxyl groups is 1. The largest absolute Gasteiger partial charge is 0.508 e. The molecule has 0 aromatic heterocycles. The second kappa shape index (κ2) is 20.9. The van der Waals surface area contributed by atoms with Gasteiger partial charge in [-0.15, -0.1) is 0 Å². The van der Waals surface area contributed by atoms with Crippen molar-refractivity contribution in [2.75, 3.05) is 33.6 Å². The van der Waals surface area contributed by atoms with Crippen LogP contribution in [0.3, 0.4) is 0 Å². The Morgan fingerprint density at radius 1 is 0.649 bits per heavy atom. The minimum atomic E-state index is -1.78. The van der Waals surface area contributed by atoms with Crippen LogP contribution in [0.15, 0.2) is 121 Å². The third-order valence-corrected chi connectivity index (χ3v) is 15.0. The minimum absolute atomic E-state index is 0.0215. The highest BCUT2D eigenvalue weighted by molar-refractivity contribution is 6.74. The second-order valence-electron chi connectivity index (χ2n) is 15.3. The van der Waals surface area contributed by atoms with Crippen molar-refractivity contribution < 1.29 is 42.5 Å². The molecule has 0 saturated heterocycles. The number of hydrogen-bond donors (Lipinski definition) is 1. The summed E-state index contributed by atoms with van der Waals surface area (Å²) < 4.78 is 37.0. The molecule has 2 aliphatic carbocycles. The van der Waals surface area contributed by atoms with E-state index in [1.54, 1.807) is 13.0 Å². The van der Waals surface area contributed by atoms with Crippen LogP contribution in [0.4, 0.5) is 14.0 Å². The molecule has 6 rings (SSSR count). The van der Waals surface area contributed by atoms with E-state index < -0.39 is 26.7 Å². The quantitative estimate of drug-likeness (QED) is 0.0859. The molecule has 0 aliphatic heterocycles. The molecule has 4 aromatic rings. The Balaban J connectivity index is 0.000000249. The molecule has 0 fully saturated rings. The number of carbonyl (C=O) groups excluding carboxylic acids is 2. The fraction of sp³-hybridized carbons (Fsp3) is 0.362. The van der Waals surface area contributed by atoms with E-state index in [2.05, 4.69) is 82.4 Å². The van der Waals surface area contributed by atoms with Gasteiger partial charge in [0.15, 0.2) is 8.32 Å². The maximum atomic E-state index is 12.3. The lowest BCUT2D eigenvalue weighted by atomic mass is 9.98. The summed E-state index contributed by atoms with van der Waals surface area (Å²) in [6, 6.07) is 32.9. The molecule has 8 nitrogen and oxygen atoms in total. The molecule has 1 N–H and O–H groups in total. The van der Waals surface area contributed by atoms with Gasteiger partial charge in [-0.25, -0.2) is 9.59 Å². The van der Waals surface area contributed by atoms with Crippen molar-refractivity contribution in [3.05, 3.63) is 144 Å². The van der Waals surface area contributed by atoms with Crippen LogP contribution in [0.1, 0.15) is 68.7 Å². The van der Waals surface area contributed by atoms with Crippen molar-refractivity contribution in [2.45, 2.75) is 76.8 Å². The first kappa shape index (κ1) is 44.7. The molecule has 0 unspecified atom stereocenters. The van der Waals surface area contributed by atoms with Gasteiger partial charge in [0, 0.05) is 11.8 Å². The standard InChI is InChI=1S/C26H34O4Si.C20H20O4.CH3F/c1-19(12-11-17-29-31(5,6)26(2,3)4)30-25(27)28-18-24-22-15-9-7-13-20(22)21-14-8-10-16-23(21)24;1-14(7-6-12-21)24-20(22)23-13-19-17-10-4-2-8-15(17)16-9-3-5-11-18(16)19;1-2/h7-16,19,24H,17-18H2,1-6H3;2-11,14,19,21H,12-13H2,1H3;1H3/b12-11-;7-6-;/t19-;14-;/m00./s1. The summed E-state index contributed by atoms with van der Waals surface area (Å²) in [5.41, 5.74) is 9.50. The third-order valence-electron chi connectivity index (χ3n) is 10.5. The van der Waals surface area contributed by atoms with E-state index in [1.165, 1.54) is 50.6 Å². The lowest BCUT2D eigenvalue weighted by molar-refractivity contribution is 0.0391. The molecule has 4 aromatic carbocycles. The molecule has 0 amide bonds. The Bertz CT molecular complexity index is 1890. The number of ether oxygens (including phenoxy) is 4. The molecule has 0 saturated carbocycles. The zero-order valence-corrected chi connectivity index (χ0v) is 35.4. The van der Waals surface area contributed by atoms with E-state index in [4.69, 9.17) is 28.5 Å². The topological polar surface area (TPSA) is 101 Å². The first-order valence-corrected chi connectivity index (χ1v) is 22.2. The molecule has 2 aliphatic rings. The van der Waals surface area contributed by atoms with Crippen molar-refractivity contribution in [3.8, 4) is 22.3 Å². The van der Waals surface area contributed by atoms with Crippen LogP contribution in [0, 0.1) is 0 Å². The molecule has 304 valence electrons. The zero-order chi connectivity index (χ0) is 41.6. The first-order valence-electron chi connectivity index (χ1n) is 19.3. The van der Waals surface area contributed by atoms with E-state index in [-0.39, 0.29) is 42.8 Å². The number of carbonyl (C=O) groups is 2. The van der Waals surface area contributed by atoms with Crippen molar-refractivity contribution >= 4 is 20.6 Å². The second-order valence-corrected chi connectivity index (χ2v) is 20.1. The average Bonchev–Trinajstić information content (AvgIpc) is 3.70. The SMILES string of the molecule is CF.C[C@@H](/C=C\CO)OC(=O)OCC1c2ccccc2-c2ccccc21.C[C@@H](/C=C\CO[Si](C)(C)C(C)(C)C)OC(=O)OCC1c2ccccc2-c2ccccc21. The summed E-state index contributed by atoms with van der Waals surface area (Å²) in [5.74, 6) is 0.0528. The highest BCUT2D eigenvalue weighted by Crippen LogP contribution is 2.45. The van der Waals surface area contributed by atoms with Gasteiger partial charge in [0.05, 0.1) is 20.4 Å². The van der Waals surface area contributed by atoms with E-state index in [0.717, 1.165) is 0 Å². The van der Waals surface area contributed by atoms with Crippen LogP contribution in [0.2, 0.25) is 18.1 Å². The van der Waals surface area contributed by atoms with E-state index in [0.29, 0.717) is 13.8 Å². The van der Waals surface area contributed by atoms with Crippen molar-refractivity contribution in [1.82, 2.24) is 0 Å². The van der Waals surface area contributed by atoms with Gasteiger partial charge in [-0.1, -0.05) is 130 Å². The fourth-order valence-electron chi connectivity index (χ4n) is 6.60. The number of rotatable bonds is 12. The van der Waals surface area contributed by atoms with Crippen molar-refractivity contribution in [2.24, 2.45) is 0 Å². The predicted molar refractivity (Wildman–Crippen MR) is 227 cm³/mol. The minimum Gasteiger partial charge on any atom is -0.433 e. The van der Waals surface area contributed by atoms with Gasteiger partial charge in [0.2, 0.25) is 0 Å². The van der Waals surface area contributed by atoms with Gasteiger partial charge in [0.1, 0.15) is 25.4 Å². The van der Waals surface area contributed by atoms with E-state index >= 15 is 0 Å². The van der Waals surface area contributed by atoms with Crippen LogP contribution in [0.5, 0.6) is 0 Å². The predicted octanol–water partition coefficient (Wildman–Crippen LogP) is 11.4. The molecule has 10 heteroatoms. The van der Waals surface area contributed by atoms with Crippen LogP contribution >= 0.6 is 0 Å². The fourth-order valence-corrected chi connectivity index (χ4v) is 7.55. The Hall–Kier alpha value is -5.03. The molecule has 0 heterocycles. The van der Waals surface area contributed by atoms with Crippen molar-refractivity contribution in [3.63, 3.8) is 0 Å². The first-order chi connectivity index (χ1) is 27.3. The Kier molecular flexibility index (Phi) is 16.4. The average molecular weight is 797 g/mol. The molecular weight excluding hydrogens is 740 g/mol.